The smallest absolute Gasteiger partial charge is 0.312 e. The van der Waals surface area contributed by atoms with Crippen LogP contribution in [0.5, 0.6) is 0 Å². The molecule has 2 heteroatoms. The minimum atomic E-state index is -0.415. The molecule has 128 valence electrons. The minimum Gasteiger partial charge on any atom is -0.469 e. The second-order valence-electron chi connectivity index (χ2n) is 7.76. The van der Waals surface area contributed by atoms with E-state index in [4.69, 9.17) is 4.74 Å². The van der Waals surface area contributed by atoms with Crippen LogP contribution >= 0.6 is 0 Å². The molecule has 1 saturated carbocycles. The summed E-state index contributed by atoms with van der Waals surface area (Å²) < 4.78 is 5.35. The average Bonchev–Trinajstić information content (AvgIpc) is 2.55. The Balaban J connectivity index is 2.54. The fourth-order valence-corrected chi connectivity index (χ4v) is 4.98. The van der Waals surface area contributed by atoms with Crippen LogP contribution in [-0.4, -0.2) is 13.1 Å². The summed E-state index contributed by atoms with van der Waals surface area (Å²) in [5, 5.41) is 0. The van der Waals surface area contributed by atoms with E-state index in [9.17, 15) is 4.79 Å². The summed E-state index contributed by atoms with van der Waals surface area (Å²) in [5.41, 5.74) is 2.30. The van der Waals surface area contributed by atoms with E-state index in [1.807, 2.05) is 6.08 Å². The van der Waals surface area contributed by atoms with Crippen molar-refractivity contribution in [1.82, 2.24) is 0 Å². The van der Waals surface area contributed by atoms with Gasteiger partial charge in [-0.25, -0.2) is 0 Å². The van der Waals surface area contributed by atoms with Crippen molar-refractivity contribution in [2.24, 2.45) is 22.7 Å². The highest BCUT2D eigenvalue weighted by atomic mass is 16.5. The van der Waals surface area contributed by atoms with Gasteiger partial charge in [-0.2, -0.15) is 0 Å². The summed E-state index contributed by atoms with van der Waals surface area (Å²) in [4.78, 5) is 13.0. The van der Waals surface area contributed by atoms with Crippen LogP contribution in [0, 0.1) is 22.7 Å². The standard InChI is InChI=1S/C21H32O2/c1-7-15(2)11-14-21(19(22)23-6)17(4)12-13-20(5)16(3)9-8-10-18(20)21/h7,9,11,17-18H,1,8,10,12-14H2,2-6H3/b15-11-/t17-,18+,20+,21-/m1/s1. The van der Waals surface area contributed by atoms with E-state index in [0.717, 1.165) is 31.3 Å². The Morgan fingerprint density at radius 1 is 1.48 bits per heavy atom. The van der Waals surface area contributed by atoms with Gasteiger partial charge < -0.3 is 4.74 Å². The molecule has 0 aliphatic heterocycles. The van der Waals surface area contributed by atoms with Gasteiger partial charge in [0.2, 0.25) is 0 Å². The first-order valence-corrected chi connectivity index (χ1v) is 8.87. The zero-order chi connectivity index (χ0) is 17.3. The molecule has 1 fully saturated rings. The molecule has 0 bridgehead atoms. The quantitative estimate of drug-likeness (QED) is 0.391. The van der Waals surface area contributed by atoms with Gasteiger partial charge in [0.05, 0.1) is 12.5 Å². The summed E-state index contributed by atoms with van der Waals surface area (Å²) >= 11 is 0. The van der Waals surface area contributed by atoms with Crippen molar-refractivity contribution < 1.29 is 9.53 Å². The number of rotatable bonds is 4. The minimum absolute atomic E-state index is 0.0243. The summed E-state index contributed by atoms with van der Waals surface area (Å²) in [6.07, 6.45) is 11.6. The van der Waals surface area contributed by atoms with E-state index in [1.165, 1.54) is 12.0 Å². The zero-order valence-corrected chi connectivity index (χ0v) is 15.4. The summed E-state index contributed by atoms with van der Waals surface area (Å²) in [5.74, 6) is 0.668. The molecule has 0 heterocycles. The van der Waals surface area contributed by atoms with Crippen LogP contribution in [0.15, 0.2) is 36.0 Å². The molecule has 0 amide bonds. The van der Waals surface area contributed by atoms with Crippen LogP contribution in [-0.2, 0) is 9.53 Å². The van der Waals surface area contributed by atoms with Crippen molar-refractivity contribution in [3.63, 3.8) is 0 Å². The number of methoxy groups -OCH3 is 1. The van der Waals surface area contributed by atoms with Crippen molar-refractivity contribution in [1.29, 1.82) is 0 Å². The summed E-state index contributed by atoms with van der Waals surface area (Å²) in [7, 11) is 1.54. The first-order valence-electron chi connectivity index (χ1n) is 8.87. The van der Waals surface area contributed by atoms with Gasteiger partial charge in [0.25, 0.3) is 0 Å². The van der Waals surface area contributed by atoms with E-state index >= 15 is 0 Å². The second kappa shape index (κ2) is 6.67. The fourth-order valence-electron chi connectivity index (χ4n) is 4.98. The molecule has 2 nitrogen and oxygen atoms in total. The van der Waals surface area contributed by atoms with Gasteiger partial charge in [-0.05, 0) is 63.2 Å². The predicted molar refractivity (Wildman–Crippen MR) is 96.0 cm³/mol. The number of allylic oxidation sites excluding steroid dienone is 5. The number of esters is 1. The van der Waals surface area contributed by atoms with Gasteiger partial charge >= 0.3 is 5.97 Å². The summed E-state index contributed by atoms with van der Waals surface area (Å²) in [6, 6.07) is 0. The molecule has 0 spiro atoms. The van der Waals surface area contributed by atoms with E-state index in [-0.39, 0.29) is 11.4 Å². The number of carbonyl (C=O) groups excluding carboxylic acids is 1. The third kappa shape index (κ3) is 2.81. The van der Waals surface area contributed by atoms with Gasteiger partial charge in [0.1, 0.15) is 0 Å². The molecule has 4 atom stereocenters. The first-order chi connectivity index (χ1) is 10.8. The molecule has 0 radical (unpaired) electrons. The molecule has 0 unspecified atom stereocenters. The molecule has 0 aromatic carbocycles. The maximum Gasteiger partial charge on any atom is 0.312 e. The maximum absolute atomic E-state index is 13.0. The Hall–Kier alpha value is -1.31. The van der Waals surface area contributed by atoms with Gasteiger partial charge in [-0.3, -0.25) is 4.79 Å². The Labute approximate surface area is 141 Å². The molecule has 0 saturated heterocycles. The van der Waals surface area contributed by atoms with Crippen LogP contribution in [0.3, 0.4) is 0 Å². The molecule has 0 aromatic rings. The Bertz CT molecular complexity index is 542. The second-order valence-corrected chi connectivity index (χ2v) is 7.76. The van der Waals surface area contributed by atoms with Gasteiger partial charge in [-0.1, -0.05) is 49.8 Å². The lowest BCUT2D eigenvalue weighted by atomic mass is 9.46. The number of fused-ring (bicyclic) bond motifs is 1. The molecule has 2 aliphatic rings. The molecule has 23 heavy (non-hydrogen) atoms. The average molecular weight is 316 g/mol. The lowest BCUT2D eigenvalue weighted by Gasteiger charge is -2.57. The zero-order valence-electron chi connectivity index (χ0n) is 15.4. The third-order valence-corrected chi connectivity index (χ3v) is 6.82. The first kappa shape index (κ1) is 18.0. The molecular weight excluding hydrogens is 284 g/mol. The van der Waals surface area contributed by atoms with Crippen molar-refractivity contribution in [3.05, 3.63) is 36.0 Å². The normalized spacial score (nSPS) is 37.6. The van der Waals surface area contributed by atoms with Crippen LogP contribution in [0.25, 0.3) is 0 Å². The molecule has 0 aromatic heterocycles. The van der Waals surface area contributed by atoms with Crippen LogP contribution in [0.2, 0.25) is 0 Å². The van der Waals surface area contributed by atoms with E-state index in [1.54, 1.807) is 7.11 Å². The van der Waals surface area contributed by atoms with Crippen LogP contribution < -0.4 is 0 Å². The van der Waals surface area contributed by atoms with Crippen LogP contribution in [0.4, 0.5) is 0 Å². The highest BCUT2D eigenvalue weighted by Crippen LogP contribution is 2.62. The van der Waals surface area contributed by atoms with Crippen molar-refractivity contribution >= 4 is 5.97 Å². The number of hydrogen-bond acceptors (Lipinski definition) is 2. The van der Waals surface area contributed by atoms with Crippen molar-refractivity contribution in [2.75, 3.05) is 7.11 Å². The number of carbonyl (C=O) groups is 1. The van der Waals surface area contributed by atoms with E-state index in [0.29, 0.717) is 11.8 Å². The highest BCUT2D eigenvalue weighted by Gasteiger charge is 2.59. The maximum atomic E-state index is 13.0. The molecule has 2 rings (SSSR count). The molecular formula is C21H32O2. The predicted octanol–water partition coefficient (Wildman–Crippen LogP) is 5.46. The molecule has 2 aliphatic carbocycles. The van der Waals surface area contributed by atoms with Crippen molar-refractivity contribution in [2.45, 2.75) is 59.8 Å². The lowest BCUT2D eigenvalue weighted by Crippen LogP contribution is -2.55. The van der Waals surface area contributed by atoms with Gasteiger partial charge in [0.15, 0.2) is 0 Å². The third-order valence-electron chi connectivity index (χ3n) is 6.82. The molecule has 0 N–H and O–H groups in total. The highest BCUT2D eigenvalue weighted by molar-refractivity contribution is 5.78. The monoisotopic (exact) mass is 316 g/mol. The fraction of sp³-hybridized carbons (Fsp3) is 0.667. The topological polar surface area (TPSA) is 26.3 Å². The number of hydrogen-bond donors (Lipinski definition) is 0. The van der Waals surface area contributed by atoms with Gasteiger partial charge in [-0.15, -0.1) is 0 Å². The van der Waals surface area contributed by atoms with Crippen molar-refractivity contribution in [3.8, 4) is 0 Å². The Morgan fingerprint density at radius 3 is 2.78 bits per heavy atom. The summed E-state index contributed by atoms with van der Waals surface area (Å²) in [6.45, 7) is 12.7. The SMILES string of the molecule is C=C/C(C)=C\C[C@@]1(C(=O)OC)[C@H](C)CC[C@@]2(C)C(C)=CCC[C@H]12. The Kier molecular flexibility index (Phi) is 5.23. The van der Waals surface area contributed by atoms with Gasteiger partial charge in [0, 0.05) is 0 Å². The Morgan fingerprint density at radius 2 is 2.17 bits per heavy atom. The van der Waals surface area contributed by atoms with E-state index < -0.39 is 5.41 Å². The van der Waals surface area contributed by atoms with Crippen LogP contribution in [0.1, 0.15) is 59.8 Å². The number of ether oxygens (including phenoxy) is 1. The largest absolute Gasteiger partial charge is 0.469 e. The lowest BCUT2D eigenvalue weighted by molar-refractivity contribution is -0.171. The van der Waals surface area contributed by atoms with E-state index in [2.05, 4.69) is 46.4 Å².